The fourth-order valence-electron chi connectivity index (χ4n) is 4.20. The van der Waals surface area contributed by atoms with Crippen LogP contribution in [0.25, 0.3) is 0 Å². The monoisotopic (exact) mass is 373 g/mol. The molecule has 6 heteroatoms. The molecular formula is C21H31N3O3. The van der Waals surface area contributed by atoms with Gasteiger partial charge in [-0.05, 0) is 31.4 Å². The second-order valence-corrected chi connectivity index (χ2v) is 7.37. The van der Waals surface area contributed by atoms with E-state index in [4.69, 9.17) is 4.74 Å². The summed E-state index contributed by atoms with van der Waals surface area (Å²) in [6.07, 6.45) is 1.05. The van der Waals surface area contributed by atoms with Gasteiger partial charge in [0.05, 0.1) is 25.2 Å². The van der Waals surface area contributed by atoms with Gasteiger partial charge in [0.2, 0.25) is 11.8 Å². The molecule has 0 spiro atoms. The minimum atomic E-state index is -0.201. The number of piperidine rings is 1. The summed E-state index contributed by atoms with van der Waals surface area (Å²) in [5.74, 6) is -0.000906. The summed E-state index contributed by atoms with van der Waals surface area (Å²) in [6.45, 7) is 9.50. The quantitative estimate of drug-likeness (QED) is 0.825. The zero-order chi connectivity index (χ0) is 19.2. The van der Waals surface area contributed by atoms with Gasteiger partial charge in [-0.15, -0.1) is 0 Å². The van der Waals surface area contributed by atoms with Crippen LogP contribution in [0.4, 0.5) is 0 Å². The average Bonchev–Trinajstić information content (AvgIpc) is 2.69. The third kappa shape index (κ3) is 4.68. The van der Waals surface area contributed by atoms with E-state index < -0.39 is 0 Å². The van der Waals surface area contributed by atoms with Crippen molar-refractivity contribution in [2.75, 3.05) is 45.9 Å². The van der Waals surface area contributed by atoms with Crippen molar-refractivity contribution in [3.05, 3.63) is 35.4 Å². The maximum Gasteiger partial charge on any atom is 0.225 e. The molecule has 0 unspecified atom stereocenters. The Morgan fingerprint density at radius 2 is 2.00 bits per heavy atom. The van der Waals surface area contributed by atoms with Gasteiger partial charge >= 0.3 is 0 Å². The maximum absolute atomic E-state index is 13.0. The Balaban J connectivity index is 1.69. The van der Waals surface area contributed by atoms with Gasteiger partial charge in [0.15, 0.2) is 0 Å². The van der Waals surface area contributed by atoms with Crippen molar-refractivity contribution < 1.29 is 14.3 Å². The predicted molar refractivity (Wildman–Crippen MR) is 104 cm³/mol. The lowest BCUT2D eigenvalue weighted by Crippen LogP contribution is -2.49. The van der Waals surface area contributed by atoms with Gasteiger partial charge in [-0.25, -0.2) is 0 Å². The molecule has 2 aliphatic heterocycles. The van der Waals surface area contributed by atoms with Crippen molar-refractivity contribution in [3.8, 4) is 0 Å². The van der Waals surface area contributed by atoms with Crippen LogP contribution in [-0.2, 0) is 14.3 Å². The van der Waals surface area contributed by atoms with Crippen molar-refractivity contribution in [3.63, 3.8) is 0 Å². The van der Waals surface area contributed by atoms with Crippen molar-refractivity contribution in [1.82, 2.24) is 15.1 Å². The van der Waals surface area contributed by atoms with Crippen molar-refractivity contribution in [2.24, 2.45) is 5.92 Å². The van der Waals surface area contributed by atoms with E-state index in [9.17, 15) is 9.59 Å². The molecule has 0 aromatic heterocycles. The molecule has 2 atom stereocenters. The standard InChI is InChI=1S/C21H31N3O3/c1-3-24-19(25)9-8-18(20(24)17-7-5-4-6-16(17)2)21(26)22-10-11-23-12-14-27-15-13-23/h4-7,18,20H,3,8-15H2,1-2H3,(H,22,26)/t18-,20+/m1/s1. The van der Waals surface area contributed by atoms with Gasteiger partial charge in [-0.1, -0.05) is 24.3 Å². The number of carbonyl (C=O) groups excluding carboxylic acids is 2. The molecule has 2 saturated heterocycles. The number of likely N-dealkylation sites (tertiary alicyclic amines) is 1. The van der Waals surface area contributed by atoms with Crippen molar-refractivity contribution in [2.45, 2.75) is 32.7 Å². The molecule has 0 aliphatic carbocycles. The minimum Gasteiger partial charge on any atom is -0.379 e. The van der Waals surface area contributed by atoms with Gasteiger partial charge in [-0.3, -0.25) is 14.5 Å². The summed E-state index contributed by atoms with van der Waals surface area (Å²) >= 11 is 0. The highest BCUT2D eigenvalue weighted by Crippen LogP contribution is 2.38. The smallest absolute Gasteiger partial charge is 0.225 e. The van der Waals surface area contributed by atoms with Crippen molar-refractivity contribution >= 4 is 11.8 Å². The number of nitrogens with zero attached hydrogens (tertiary/aromatic N) is 2. The fraction of sp³-hybridized carbons (Fsp3) is 0.619. The third-order valence-corrected chi connectivity index (χ3v) is 5.72. The normalized spacial score (nSPS) is 24.1. The second-order valence-electron chi connectivity index (χ2n) is 7.37. The first-order chi connectivity index (χ1) is 13.1. The number of carbonyl (C=O) groups is 2. The molecule has 3 rings (SSSR count). The van der Waals surface area contributed by atoms with E-state index in [-0.39, 0.29) is 23.8 Å². The molecule has 1 aromatic rings. The summed E-state index contributed by atoms with van der Waals surface area (Å²) in [6, 6.07) is 7.91. The molecule has 2 fully saturated rings. The molecule has 27 heavy (non-hydrogen) atoms. The van der Waals surface area contributed by atoms with Crippen LogP contribution in [0.15, 0.2) is 24.3 Å². The van der Waals surface area contributed by atoms with Crippen LogP contribution in [0.2, 0.25) is 0 Å². The number of amides is 2. The van der Waals surface area contributed by atoms with E-state index in [0.29, 0.717) is 25.9 Å². The molecule has 1 aromatic carbocycles. The first-order valence-corrected chi connectivity index (χ1v) is 10.0. The first-order valence-electron chi connectivity index (χ1n) is 10.0. The number of nitrogens with one attached hydrogen (secondary N) is 1. The minimum absolute atomic E-state index is 0.0578. The van der Waals surface area contributed by atoms with Gasteiger partial charge < -0.3 is 15.0 Å². The summed E-state index contributed by atoms with van der Waals surface area (Å²) in [5, 5.41) is 3.12. The van der Waals surface area contributed by atoms with E-state index in [1.165, 1.54) is 0 Å². The number of hydrogen-bond acceptors (Lipinski definition) is 4. The SMILES string of the molecule is CCN1C(=O)CC[C@@H](C(=O)NCCN2CCOCC2)[C@@H]1c1ccccc1C. The van der Waals surface area contributed by atoms with Gasteiger partial charge in [0.1, 0.15) is 0 Å². The van der Waals surface area contributed by atoms with Crippen LogP contribution in [0.5, 0.6) is 0 Å². The Bertz CT molecular complexity index is 658. The molecule has 148 valence electrons. The summed E-state index contributed by atoms with van der Waals surface area (Å²) in [7, 11) is 0. The molecule has 0 saturated carbocycles. The van der Waals surface area contributed by atoms with E-state index in [1.807, 2.05) is 24.0 Å². The molecule has 6 nitrogen and oxygen atoms in total. The van der Waals surface area contributed by atoms with Crippen LogP contribution < -0.4 is 5.32 Å². The summed E-state index contributed by atoms with van der Waals surface area (Å²) in [4.78, 5) is 29.7. The number of morpholine rings is 1. The molecule has 2 aliphatic rings. The number of benzene rings is 1. The molecular weight excluding hydrogens is 342 g/mol. The Morgan fingerprint density at radius 1 is 1.26 bits per heavy atom. The number of aryl methyl sites for hydroxylation is 1. The van der Waals surface area contributed by atoms with E-state index in [1.54, 1.807) is 0 Å². The van der Waals surface area contributed by atoms with E-state index >= 15 is 0 Å². The van der Waals surface area contributed by atoms with Crippen molar-refractivity contribution in [1.29, 1.82) is 0 Å². The summed E-state index contributed by atoms with van der Waals surface area (Å²) in [5.41, 5.74) is 2.21. The van der Waals surface area contributed by atoms with Gasteiger partial charge in [-0.2, -0.15) is 0 Å². The Morgan fingerprint density at radius 3 is 2.70 bits per heavy atom. The fourth-order valence-corrected chi connectivity index (χ4v) is 4.20. The van der Waals surface area contributed by atoms with Crippen LogP contribution in [0.3, 0.4) is 0 Å². The van der Waals surface area contributed by atoms with E-state index in [0.717, 1.165) is 44.0 Å². The predicted octanol–water partition coefficient (Wildman–Crippen LogP) is 1.74. The highest BCUT2D eigenvalue weighted by molar-refractivity contribution is 5.85. The Kier molecular flexibility index (Phi) is 6.85. The Labute approximate surface area is 161 Å². The lowest BCUT2D eigenvalue weighted by atomic mass is 9.82. The molecule has 2 amide bonds. The highest BCUT2D eigenvalue weighted by Gasteiger charge is 2.40. The lowest BCUT2D eigenvalue weighted by Gasteiger charge is -2.41. The largest absolute Gasteiger partial charge is 0.379 e. The van der Waals surface area contributed by atoms with Gasteiger partial charge in [0, 0.05) is 39.1 Å². The lowest BCUT2D eigenvalue weighted by molar-refractivity contribution is -0.143. The summed E-state index contributed by atoms with van der Waals surface area (Å²) < 4.78 is 5.36. The Hall–Kier alpha value is -1.92. The topological polar surface area (TPSA) is 61.9 Å². The molecule has 1 N–H and O–H groups in total. The van der Waals surface area contributed by atoms with Crippen LogP contribution in [0, 0.1) is 12.8 Å². The highest BCUT2D eigenvalue weighted by atomic mass is 16.5. The molecule has 2 heterocycles. The van der Waals surface area contributed by atoms with Gasteiger partial charge in [0.25, 0.3) is 0 Å². The number of rotatable bonds is 6. The van der Waals surface area contributed by atoms with Crippen LogP contribution >= 0.6 is 0 Å². The second kappa shape index (κ2) is 9.33. The average molecular weight is 373 g/mol. The zero-order valence-corrected chi connectivity index (χ0v) is 16.4. The van der Waals surface area contributed by atoms with Crippen LogP contribution in [0.1, 0.15) is 36.9 Å². The molecule has 0 bridgehead atoms. The first kappa shape index (κ1) is 19.8. The van der Waals surface area contributed by atoms with Crippen LogP contribution in [-0.4, -0.2) is 67.6 Å². The molecule has 0 radical (unpaired) electrons. The number of hydrogen-bond donors (Lipinski definition) is 1. The van der Waals surface area contributed by atoms with E-state index in [2.05, 4.69) is 29.3 Å². The maximum atomic E-state index is 13.0. The number of ether oxygens (including phenoxy) is 1. The third-order valence-electron chi connectivity index (χ3n) is 5.72. The zero-order valence-electron chi connectivity index (χ0n) is 16.4.